The molecule has 2 aromatic rings. The quantitative estimate of drug-likeness (QED) is 0.599. The highest BCUT2D eigenvalue weighted by molar-refractivity contribution is 5.84. The number of hydrogen-bond acceptors (Lipinski definition) is 3. The predicted octanol–water partition coefficient (Wildman–Crippen LogP) is 4.24. The molecule has 0 saturated carbocycles. The van der Waals surface area contributed by atoms with Gasteiger partial charge in [-0.1, -0.05) is 44.2 Å². The SMILES string of the molecule is CCNC(=O)N(CCC(C)C)CC(=O)N(CCc1ccccc1)Cc1ccc(C)o1. The van der Waals surface area contributed by atoms with Gasteiger partial charge in [-0.05, 0) is 50.3 Å². The van der Waals surface area contributed by atoms with Crippen LogP contribution in [0.1, 0.15) is 44.3 Å². The minimum Gasteiger partial charge on any atom is -0.464 e. The molecule has 0 aliphatic carbocycles. The van der Waals surface area contributed by atoms with E-state index in [4.69, 9.17) is 4.42 Å². The van der Waals surface area contributed by atoms with Gasteiger partial charge in [0.25, 0.3) is 0 Å². The van der Waals surface area contributed by atoms with Crippen LogP contribution in [0, 0.1) is 12.8 Å². The summed E-state index contributed by atoms with van der Waals surface area (Å²) in [6, 6.07) is 13.7. The van der Waals surface area contributed by atoms with E-state index in [0.29, 0.717) is 32.1 Å². The summed E-state index contributed by atoms with van der Waals surface area (Å²) in [5.74, 6) is 1.95. The summed E-state index contributed by atoms with van der Waals surface area (Å²) in [6.45, 7) is 10.1. The zero-order valence-corrected chi connectivity index (χ0v) is 18.7. The fourth-order valence-electron chi connectivity index (χ4n) is 3.15. The molecule has 6 heteroatoms. The monoisotopic (exact) mass is 413 g/mol. The number of nitrogens with zero attached hydrogens (tertiary/aromatic N) is 2. The molecule has 164 valence electrons. The predicted molar refractivity (Wildman–Crippen MR) is 119 cm³/mol. The van der Waals surface area contributed by atoms with E-state index in [2.05, 4.69) is 31.3 Å². The van der Waals surface area contributed by atoms with E-state index in [-0.39, 0.29) is 18.5 Å². The fourth-order valence-corrected chi connectivity index (χ4v) is 3.15. The molecule has 2 rings (SSSR count). The number of rotatable bonds is 11. The van der Waals surface area contributed by atoms with Gasteiger partial charge < -0.3 is 19.5 Å². The lowest BCUT2D eigenvalue weighted by molar-refractivity contribution is -0.132. The first-order valence-corrected chi connectivity index (χ1v) is 10.8. The average molecular weight is 414 g/mol. The zero-order chi connectivity index (χ0) is 21.9. The van der Waals surface area contributed by atoms with Crippen LogP contribution in [-0.4, -0.2) is 47.9 Å². The number of furan rings is 1. The highest BCUT2D eigenvalue weighted by Crippen LogP contribution is 2.12. The molecule has 30 heavy (non-hydrogen) atoms. The number of amides is 3. The Bertz CT molecular complexity index is 786. The van der Waals surface area contributed by atoms with Crippen LogP contribution in [0.5, 0.6) is 0 Å². The fraction of sp³-hybridized carbons (Fsp3) is 0.500. The number of nitrogens with one attached hydrogen (secondary N) is 1. The molecule has 0 atom stereocenters. The molecule has 0 saturated heterocycles. The Morgan fingerprint density at radius 1 is 1.03 bits per heavy atom. The van der Waals surface area contributed by atoms with E-state index in [9.17, 15) is 9.59 Å². The molecule has 0 fully saturated rings. The summed E-state index contributed by atoms with van der Waals surface area (Å²) in [4.78, 5) is 29.1. The molecule has 1 aromatic heterocycles. The third-order valence-corrected chi connectivity index (χ3v) is 4.93. The Kier molecular flexibility index (Phi) is 9.45. The molecule has 0 spiro atoms. The second kappa shape index (κ2) is 12.1. The standard InChI is InChI=1S/C24H35N3O3/c1-5-25-24(29)27(15-13-19(2)3)18-23(28)26(17-22-12-11-20(4)30-22)16-14-21-9-7-6-8-10-21/h6-12,19H,5,13-18H2,1-4H3,(H,25,29). The second-order valence-corrected chi connectivity index (χ2v) is 8.00. The van der Waals surface area contributed by atoms with Crippen LogP contribution in [0.15, 0.2) is 46.9 Å². The maximum Gasteiger partial charge on any atom is 0.317 e. The maximum atomic E-state index is 13.2. The molecule has 3 amide bonds. The molecular weight excluding hydrogens is 378 g/mol. The van der Waals surface area contributed by atoms with Gasteiger partial charge in [-0.2, -0.15) is 0 Å². The van der Waals surface area contributed by atoms with Gasteiger partial charge in [0.2, 0.25) is 5.91 Å². The van der Waals surface area contributed by atoms with Crippen LogP contribution in [-0.2, 0) is 17.8 Å². The van der Waals surface area contributed by atoms with Crippen LogP contribution >= 0.6 is 0 Å². The topological polar surface area (TPSA) is 65.8 Å². The maximum absolute atomic E-state index is 13.2. The Hall–Kier alpha value is -2.76. The Balaban J connectivity index is 2.10. The van der Waals surface area contributed by atoms with Crippen molar-refractivity contribution in [2.75, 3.05) is 26.2 Å². The van der Waals surface area contributed by atoms with Crippen molar-refractivity contribution in [1.29, 1.82) is 0 Å². The lowest BCUT2D eigenvalue weighted by atomic mass is 10.1. The summed E-state index contributed by atoms with van der Waals surface area (Å²) >= 11 is 0. The minimum atomic E-state index is -0.191. The van der Waals surface area contributed by atoms with Gasteiger partial charge in [0, 0.05) is 19.6 Å². The van der Waals surface area contributed by atoms with Crippen molar-refractivity contribution in [3.8, 4) is 0 Å². The van der Waals surface area contributed by atoms with E-state index >= 15 is 0 Å². The van der Waals surface area contributed by atoms with Crippen LogP contribution in [0.4, 0.5) is 4.79 Å². The van der Waals surface area contributed by atoms with Crippen LogP contribution in [0.2, 0.25) is 0 Å². The molecule has 1 heterocycles. The molecule has 0 aliphatic heterocycles. The first kappa shape index (κ1) is 23.5. The van der Waals surface area contributed by atoms with Crippen LogP contribution in [0.25, 0.3) is 0 Å². The Labute approximate surface area is 180 Å². The average Bonchev–Trinajstić information content (AvgIpc) is 3.13. The summed E-state index contributed by atoms with van der Waals surface area (Å²) in [5.41, 5.74) is 1.17. The van der Waals surface area contributed by atoms with Gasteiger partial charge in [-0.25, -0.2) is 4.79 Å². The van der Waals surface area contributed by atoms with E-state index in [0.717, 1.165) is 24.4 Å². The van der Waals surface area contributed by atoms with E-state index in [1.165, 1.54) is 5.56 Å². The van der Waals surface area contributed by atoms with Crippen molar-refractivity contribution in [2.45, 2.75) is 47.1 Å². The number of benzene rings is 1. The first-order chi connectivity index (χ1) is 14.4. The highest BCUT2D eigenvalue weighted by Gasteiger charge is 2.22. The Morgan fingerprint density at radius 3 is 2.37 bits per heavy atom. The number of carbonyl (C=O) groups excluding carboxylic acids is 2. The van der Waals surface area contributed by atoms with Gasteiger partial charge in [-0.3, -0.25) is 4.79 Å². The Morgan fingerprint density at radius 2 is 1.77 bits per heavy atom. The largest absolute Gasteiger partial charge is 0.464 e. The number of carbonyl (C=O) groups is 2. The van der Waals surface area contributed by atoms with Crippen LogP contribution in [0.3, 0.4) is 0 Å². The number of urea groups is 1. The smallest absolute Gasteiger partial charge is 0.317 e. The molecule has 0 radical (unpaired) electrons. The lowest BCUT2D eigenvalue weighted by Crippen LogP contribution is -2.47. The third kappa shape index (κ3) is 7.93. The summed E-state index contributed by atoms with van der Waals surface area (Å²) < 4.78 is 5.70. The molecule has 0 unspecified atom stereocenters. The van der Waals surface area contributed by atoms with Crippen LogP contribution < -0.4 is 5.32 Å². The summed E-state index contributed by atoms with van der Waals surface area (Å²) in [6.07, 6.45) is 1.60. The second-order valence-electron chi connectivity index (χ2n) is 8.00. The molecule has 0 bridgehead atoms. The van der Waals surface area contributed by atoms with Crippen molar-refractivity contribution in [2.24, 2.45) is 5.92 Å². The van der Waals surface area contributed by atoms with E-state index in [1.54, 1.807) is 9.80 Å². The first-order valence-electron chi connectivity index (χ1n) is 10.8. The van der Waals surface area contributed by atoms with Crippen molar-refractivity contribution < 1.29 is 14.0 Å². The van der Waals surface area contributed by atoms with E-state index in [1.807, 2.05) is 44.2 Å². The van der Waals surface area contributed by atoms with Gasteiger partial charge >= 0.3 is 6.03 Å². The zero-order valence-electron chi connectivity index (χ0n) is 18.7. The molecule has 6 nitrogen and oxygen atoms in total. The molecule has 0 aliphatic rings. The number of aryl methyl sites for hydroxylation is 1. The van der Waals surface area contributed by atoms with Crippen molar-refractivity contribution in [1.82, 2.24) is 15.1 Å². The van der Waals surface area contributed by atoms with Gasteiger partial charge in [0.05, 0.1) is 6.54 Å². The van der Waals surface area contributed by atoms with Gasteiger partial charge in [0.15, 0.2) is 0 Å². The van der Waals surface area contributed by atoms with Gasteiger partial charge in [0.1, 0.15) is 18.1 Å². The minimum absolute atomic E-state index is 0.0625. The highest BCUT2D eigenvalue weighted by atomic mass is 16.3. The molecule has 1 aromatic carbocycles. The van der Waals surface area contributed by atoms with Crippen molar-refractivity contribution >= 4 is 11.9 Å². The van der Waals surface area contributed by atoms with Crippen molar-refractivity contribution in [3.05, 3.63) is 59.5 Å². The summed E-state index contributed by atoms with van der Waals surface area (Å²) in [7, 11) is 0. The number of hydrogen-bond donors (Lipinski definition) is 1. The lowest BCUT2D eigenvalue weighted by Gasteiger charge is -2.28. The third-order valence-electron chi connectivity index (χ3n) is 4.93. The molecular formula is C24H35N3O3. The van der Waals surface area contributed by atoms with Gasteiger partial charge in [-0.15, -0.1) is 0 Å². The summed E-state index contributed by atoms with van der Waals surface area (Å²) in [5, 5.41) is 2.82. The normalized spacial score (nSPS) is 10.8. The molecule has 1 N–H and O–H groups in total. The van der Waals surface area contributed by atoms with Crippen molar-refractivity contribution in [3.63, 3.8) is 0 Å². The van der Waals surface area contributed by atoms with E-state index < -0.39 is 0 Å².